The number of carbonyl (C=O) groups is 1. The van der Waals surface area contributed by atoms with E-state index in [1.165, 1.54) is 29.2 Å². The molecule has 3 aliphatic rings. The number of sulfone groups is 1. The fourth-order valence-corrected chi connectivity index (χ4v) is 10.4. The number of hydrogen-bond donors (Lipinski definition) is 0. The number of likely N-dealkylation sites (tertiary alicyclic amines) is 1. The van der Waals surface area contributed by atoms with Crippen LogP contribution in [-0.2, 0) is 45.7 Å². The van der Waals surface area contributed by atoms with Crippen LogP contribution in [0.15, 0.2) is 47.4 Å². The van der Waals surface area contributed by atoms with E-state index in [9.17, 15) is 43.9 Å². The first kappa shape index (κ1) is 31.5. The zero-order chi connectivity index (χ0) is 30.9. The predicted octanol–water partition coefficient (Wildman–Crippen LogP) is 5.78. The van der Waals surface area contributed by atoms with Crippen molar-refractivity contribution in [2.24, 2.45) is 5.92 Å². The first-order valence-electron chi connectivity index (χ1n) is 12.7. The van der Waals surface area contributed by atoms with Crippen LogP contribution in [0.25, 0.3) is 0 Å². The van der Waals surface area contributed by atoms with Gasteiger partial charge in [-0.2, -0.15) is 26.3 Å². The minimum atomic E-state index is -6.37. The fraction of sp³-hybridized carbons (Fsp3) is 0.500. The van der Waals surface area contributed by atoms with E-state index < -0.39 is 62.5 Å². The molecule has 5 nitrogen and oxygen atoms in total. The summed E-state index contributed by atoms with van der Waals surface area (Å²) in [6.45, 7) is -0.612. The van der Waals surface area contributed by atoms with Crippen molar-refractivity contribution in [3.63, 3.8) is 0 Å². The van der Waals surface area contributed by atoms with Crippen molar-refractivity contribution < 1.29 is 48.7 Å². The van der Waals surface area contributed by atoms with E-state index >= 15 is 0 Å². The van der Waals surface area contributed by atoms with Gasteiger partial charge in [0.05, 0.1) is 10.9 Å². The highest BCUT2D eigenvalue weighted by Crippen LogP contribution is 2.57. The Morgan fingerprint density at radius 2 is 1.60 bits per heavy atom. The van der Waals surface area contributed by atoms with Crippen LogP contribution in [0.1, 0.15) is 30.4 Å². The van der Waals surface area contributed by atoms with Crippen molar-refractivity contribution in [2.75, 3.05) is 24.7 Å². The molecule has 0 N–H and O–H groups in total. The molecular weight excluding hydrogens is 655 g/mol. The maximum Gasteiger partial charge on any atom is 0.435 e. The molecule has 0 bridgehead atoms. The molecule has 42 heavy (non-hydrogen) atoms. The highest BCUT2D eigenvalue weighted by atomic mass is 35.5. The van der Waals surface area contributed by atoms with E-state index in [1.807, 2.05) is 0 Å². The van der Waals surface area contributed by atoms with Gasteiger partial charge in [0, 0.05) is 28.6 Å². The van der Waals surface area contributed by atoms with Gasteiger partial charge in [0.25, 0.3) is 0 Å². The van der Waals surface area contributed by atoms with Gasteiger partial charge >= 0.3 is 18.0 Å². The Balaban J connectivity index is 1.66. The summed E-state index contributed by atoms with van der Waals surface area (Å²) in [6.07, 6.45) is -11.9. The van der Waals surface area contributed by atoms with Gasteiger partial charge in [0.1, 0.15) is 17.1 Å². The summed E-state index contributed by atoms with van der Waals surface area (Å²) in [5.41, 5.74) is -7.79. The van der Waals surface area contributed by atoms with Crippen LogP contribution in [0.5, 0.6) is 5.75 Å². The van der Waals surface area contributed by atoms with Gasteiger partial charge in [0.2, 0.25) is 5.91 Å². The smallest absolute Gasteiger partial charge is 0.435 e. The molecule has 0 spiro atoms. The molecule has 5 rings (SSSR count). The van der Waals surface area contributed by atoms with Crippen LogP contribution in [0.4, 0.5) is 30.7 Å². The largest absolute Gasteiger partial charge is 0.491 e. The monoisotopic (exact) mass is 677 g/mol. The van der Waals surface area contributed by atoms with Gasteiger partial charge in [-0.25, -0.2) is 12.8 Å². The van der Waals surface area contributed by atoms with E-state index in [2.05, 4.69) is 0 Å². The first-order chi connectivity index (χ1) is 19.4. The van der Waals surface area contributed by atoms with Gasteiger partial charge in [-0.1, -0.05) is 34.9 Å². The summed E-state index contributed by atoms with van der Waals surface area (Å²) in [5, 5.41) is 0.222. The Hall–Kier alpha value is -1.97. The average Bonchev–Trinajstić information content (AvgIpc) is 3.33. The van der Waals surface area contributed by atoms with E-state index in [-0.39, 0.29) is 55.9 Å². The van der Waals surface area contributed by atoms with Crippen LogP contribution >= 0.6 is 11.6 Å². The Kier molecular flexibility index (Phi) is 7.93. The molecule has 2 unspecified atom stereocenters. The molecule has 3 aliphatic heterocycles. The number of ether oxygens (including phenoxy) is 1. The predicted molar refractivity (Wildman–Crippen MR) is 144 cm³/mol. The summed E-state index contributed by atoms with van der Waals surface area (Å²) in [4.78, 5) is 14.8. The van der Waals surface area contributed by atoms with Crippen molar-refractivity contribution in [3.8, 4) is 5.75 Å². The van der Waals surface area contributed by atoms with E-state index in [0.717, 1.165) is 6.07 Å². The van der Waals surface area contributed by atoms with Gasteiger partial charge in [0.15, 0.2) is 9.84 Å². The number of halogens is 8. The number of nitrogens with zero attached hydrogens (tertiary/aromatic N) is 1. The zero-order valence-electron chi connectivity index (χ0n) is 21.5. The van der Waals surface area contributed by atoms with E-state index in [0.29, 0.717) is 24.3 Å². The molecule has 2 aromatic rings. The summed E-state index contributed by atoms with van der Waals surface area (Å²) in [5.74, 6) is -0.0619. The normalized spacial score (nSPS) is 26.8. The minimum absolute atomic E-state index is 0.0604. The highest BCUT2D eigenvalue weighted by Gasteiger charge is 2.74. The molecule has 230 valence electrons. The first-order valence-corrected chi connectivity index (χ1v) is 17.1. The highest BCUT2D eigenvalue weighted by molar-refractivity contribution is 8.28. The summed E-state index contributed by atoms with van der Waals surface area (Å²) in [6, 6.07) is 5.19. The maximum absolute atomic E-state index is 14.9. The van der Waals surface area contributed by atoms with Crippen LogP contribution in [0.2, 0.25) is 5.02 Å². The number of benzene rings is 2. The second kappa shape index (κ2) is 10.6. The topological polar surface area (TPSA) is 63.7 Å². The minimum Gasteiger partial charge on any atom is -0.491 e. The van der Waals surface area contributed by atoms with Crippen molar-refractivity contribution in [3.05, 3.63) is 58.6 Å². The molecule has 16 heteroatoms. The lowest BCUT2D eigenvalue weighted by Gasteiger charge is -2.43. The maximum atomic E-state index is 14.9. The molecule has 2 aromatic carbocycles. The molecule has 0 aliphatic carbocycles. The van der Waals surface area contributed by atoms with Crippen LogP contribution in [0, 0.1) is 5.92 Å². The second-order valence-electron chi connectivity index (χ2n) is 10.4. The SMILES string of the molecule is O=C(C1CCS(=S)CC1)N1CCC2(S(=O)(=O)c3ccc(Cl)cc3)c3ccc(C(F)(C(F)(F)F)C(F)(F)F)cc3OCC12. The van der Waals surface area contributed by atoms with Gasteiger partial charge in [-0.15, -0.1) is 9.45 Å². The Labute approximate surface area is 248 Å². The van der Waals surface area contributed by atoms with Crippen LogP contribution in [0.3, 0.4) is 0 Å². The van der Waals surface area contributed by atoms with Crippen molar-refractivity contribution in [1.82, 2.24) is 4.90 Å². The molecule has 3 heterocycles. The number of fused-ring (bicyclic) bond motifs is 3. The molecule has 0 aromatic heterocycles. The summed E-state index contributed by atoms with van der Waals surface area (Å²) < 4.78 is 128. The third-order valence-electron chi connectivity index (χ3n) is 8.28. The van der Waals surface area contributed by atoms with Gasteiger partial charge in [-0.05, 0) is 61.1 Å². The van der Waals surface area contributed by atoms with Gasteiger partial charge in [-0.3, -0.25) is 4.79 Å². The lowest BCUT2D eigenvalue weighted by molar-refractivity contribution is -0.348. The second-order valence-corrected chi connectivity index (χ2v) is 16.2. The lowest BCUT2D eigenvalue weighted by Crippen LogP contribution is -2.56. The van der Waals surface area contributed by atoms with Crippen molar-refractivity contribution in [1.29, 1.82) is 0 Å². The Bertz CT molecular complexity index is 1510. The summed E-state index contributed by atoms with van der Waals surface area (Å²) >= 11 is 11.3. The Morgan fingerprint density at radius 1 is 1.00 bits per heavy atom. The number of rotatable bonds is 4. The number of carbonyl (C=O) groups excluding carboxylic acids is 1. The molecule has 0 radical (unpaired) electrons. The zero-order valence-corrected chi connectivity index (χ0v) is 24.7. The molecule has 1 amide bonds. The van der Waals surface area contributed by atoms with Crippen molar-refractivity contribution >= 4 is 48.0 Å². The van der Waals surface area contributed by atoms with Gasteiger partial charge < -0.3 is 9.64 Å². The number of hydrogen-bond acceptors (Lipinski definition) is 5. The fourth-order valence-electron chi connectivity index (χ4n) is 6.08. The molecular formula is C26H23ClF7NO4S3. The van der Waals surface area contributed by atoms with E-state index in [1.54, 1.807) is 0 Å². The molecule has 2 saturated heterocycles. The molecule has 0 saturated carbocycles. The van der Waals surface area contributed by atoms with Crippen LogP contribution < -0.4 is 4.74 Å². The Morgan fingerprint density at radius 3 is 2.17 bits per heavy atom. The molecule has 2 atom stereocenters. The third-order valence-corrected chi connectivity index (χ3v) is 13.5. The molecule has 2 fully saturated rings. The quantitative estimate of drug-likeness (QED) is 0.384. The average molecular weight is 678 g/mol. The van der Waals surface area contributed by atoms with Crippen molar-refractivity contribution in [2.45, 2.75) is 53.0 Å². The number of amides is 1. The van der Waals surface area contributed by atoms with Crippen LogP contribution in [-0.4, -0.2) is 62.3 Å². The third kappa shape index (κ3) is 4.73. The summed E-state index contributed by atoms with van der Waals surface area (Å²) in [7, 11) is -4.74. The lowest BCUT2D eigenvalue weighted by atomic mass is 9.85. The number of alkyl halides is 7. The van der Waals surface area contributed by atoms with E-state index in [4.69, 9.17) is 27.5 Å². The standard InChI is InChI=1S/C26H23ClF7NO4S3/c27-17-2-4-18(5-3-17)42(37,38)23-9-10-35(22(36)15-7-11-41(40)12-8-15)21(23)14-39-20-13-16(1-6-19(20)23)24(28,25(29,30)31)26(32,33)34/h1-6,13,15,21H,7-12,14H2.